The van der Waals surface area contributed by atoms with E-state index in [1.165, 1.54) is 11.8 Å². The fourth-order valence-corrected chi connectivity index (χ4v) is 5.03. The van der Waals surface area contributed by atoms with Gasteiger partial charge in [0.15, 0.2) is 16.8 Å². The van der Waals surface area contributed by atoms with Gasteiger partial charge in [-0.25, -0.2) is 0 Å². The largest absolute Gasteiger partial charge is 0.510 e. The van der Waals surface area contributed by atoms with Gasteiger partial charge in [-0.05, 0) is 37.1 Å². The Morgan fingerprint density at radius 1 is 1.00 bits per heavy atom. The molecule has 1 aliphatic heterocycles. The maximum atomic E-state index is 10.9. The lowest BCUT2D eigenvalue weighted by Gasteiger charge is -2.11. The van der Waals surface area contributed by atoms with Crippen molar-refractivity contribution >= 4 is 28.9 Å². The first-order chi connectivity index (χ1) is 17.2. The highest BCUT2D eigenvalue weighted by Gasteiger charge is 2.22. The van der Waals surface area contributed by atoms with Gasteiger partial charge in [0.1, 0.15) is 23.2 Å². The van der Waals surface area contributed by atoms with Crippen molar-refractivity contribution in [2.45, 2.75) is 37.4 Å². The lowest BCUT2D eigenvalue weighted by Crippen LogP contribution is -2.07. The summed E-state index contributed by atoms with van der Waals surface area (Å²) in [5.41, 5.74) is 1.89. The molecular formula is C25H22ClN7OS. The Morgan fingerprint density at radius 2 is 1.80 bits per heavy atom. The van der Waals surface area contributed by atoms with E-state index in [0.717, 1.165) is 49.3 Å². The molecule has 4 aromatic rings. The van der Waals surface area contributed by atoms with Crippen molar-refractivity contribution in [3.8, 4) is 23.1 Å². The van der Waals surface area contributed by atoms with Crippen LogP contribution in [0.4, 0.5) is 0 Å². The summed E-state index contributed by atoms with van der Waals surface area (Å²) in [5.74, 6) is 2.02. The molecule has 3 heterocycles. The summed E-state index contributed by atoms with van der Waals surface area (Å²) in [6.07, 6.45) is 3.99. The molecule has 176 valence electrons. The number of hydrogen-bond acceptors (Lipinski definition) is 7. The number of fused-ring (bicyclic) bond motifs is 1. The fraction of sp³-hybridized carbons (Fsp3) is 0.240. The molecule has 10 heteroatoms. The maximum absolute atomic E-state index is 10.9. The third-order valence-corrected chi connectivity index (χ3v) is 7.01. The standard InChI is InChI=1S/C25H22ClN7OS/c26-18-10-12-19(13-11-18)33-23(17-7-3-1-4-8-17)29-31-25(33)35-16-21(34)20(15-27)24-30-28-22-9-5-2-6-14-32(22)24/h1,3-4,7-8,10-13,34H,2,5-6,9,14,16H2. The molecular weight excluding hydrogens is 482 g/mol. The van der Waals surface area contributed by atoms with E-state index in [9.17, 15) is 10.4 Å². The third-order valence-electron chi connectivity index (χ3n) is 5.82. The van der Waals surface area contributed by atoms with Crippen LogP contribution in [0, 0.1) is 11.3 Å². The van der Waals surface area contributed by atoms with Crippen LogP contribution in [-0.4, -0.2) is 40.4 Å². The lowest BCUT2D eigenvalue weighted by molar-refractivity contribution is 0.419. The summed E-state index contributed by atoms with van der Waals surface area (Å²) >= 11 is 7.40. The Morgan fingerprint density at radius 3 is 2.57 bits per heavy atom. The highest BCUT2D eigenvalue weighted by atomic mass is 35.5. The van der Waals surface area contributed by atoms with Gasteiger partial charge in [0, 0.05) is 29.2 Å². The minimum Gasteiger partial charge on any atom is -0.510 e. The smallest absolute Gasteiger partial charge is 0.196 e. The number of hydrogen-bond donors (Lipinski definition) is 1. The second-order valence-corrected chi connectivity index (χ2v) is 9.49. The molecule has 0 unspecified atom stereocenters. The number of rotatable bonds is 6. The summed E-state index contributed by atoms with van der Waals surface area (Å²) in [4.78, 5) is 0. The summed E-state index contributed by atoms with van der Waals surface area (Å²) in [7, 11) is 0. The van der Waals surface area contributed by atoms with Crippen molar-refractivity contribution in [1.82, 2.24) is 29.5 Å². The number of thioether (sulfide) groups is 1. The molecule has 5 rings (SSSR count). The fourth-order valence-electron chi connectivity index (χ4n) is 4.08. The molecule has 2 aromatic heterocycles. The molecule has 0 spiro atoms. The number of allylic oxidation sites excluding steroid dienone is 1. The molecule has 0 radical (unpaired) electrons. The van der Waals surface area contributed by atoms with E-state index in [-0.39, 0.29) is 17.1 Å². The summed E-state index contributed by atoms with van der Waals surface area (Å²) in [6.45, 7) is 0.745. The Balaban J connectivity index is 1.48. The second-order valence-electron chi connectivity index (χ2n) is 8.11. The SMILES string of the molecule is N#CC(=C(O)CSc1nnc(-c2ccccc2)n1-c1ccc(Cl)cc1)c1nnc2n1CCCCC2. The lowest BCUT2D eigenvalue weighted by atomic mass is 10.2. The molecule has 8 nitrogen and oxygen atoms in total. The summed E-state index contributed by atoms with van der Waals surface area (Å²) in [6, 6.07) is 19.3. The Labute approximate surface area is 211 Å². The van der Waals surface area contributed by atoms with Gasteiger partial charge in [-0.1, -0.05) is 60.1 Å². The average molecular weight is 504 g/mol. The zero-order valence-electron chi connectivity index (χ0n) is 18.8. The number of nitriles is 1. The molecule has 0 fully saturated rings. The Hall–Kier alpha value is -3.61. The van der Waals surface area contributed by atoms with Crippen LogP contribution in [0.3, 0.4) is 0 Å². The number of aliphatic hydroxyl groups excluding tert-OH is 1. The monoisotopic (exact) mass is 503 g/mol. The van der Waals surface area contributed by atoms with Crippen LogP contribution < -0.4 is 0 Å². The van der Waals surface area contributed by atoms with Crippen molar-refractivity contribution in [3.63, 3.8) is 0 Å². The zero-order chi connectivity index (χ0) is 24.2. The third kappa shape index (κ3) is 4.81. The number of aryl methyl sites for hydroxylation is 1. The first kappa shape index (κ1) is 23.1. The van der Waals surface area contributed by atoms with E-state index < -0.39 is 0 Å². The predicted octanol–water partition coefficient (Wildman–Crippen LogP) is 5.49. The molecule has 0 bridgehead atoms. The molecule has 0 aliphatic carbocycles. The van der Waals surface area contributed by atoms with Gasteiger partial charge in [-0.2, -0.15) is 5.26 Å². The van der Waals surface area contributed by atoms with Gasteiger partial charge in [0.2, 0.25) is 0 Å². The van der Waals surface area contributed by atoms with E-state index in [1.54, 1.807) is 0 Å². The number of nitrogens with zero attached hydrogens (tertiary/aromatic N) is 7. The van der Waals surface area contributed by atoms with Crippen molar-refractivity contribution in [3.05, 3.63) is 77.0 Å². The van der Waals surface area contributed by atoms with E-state index in [2.05, 4.69) is 26.5 Å². The molecule has 0 amide bonds. The predicted molar refractivity (Wildman–Crippen MR) is 135 cm³/mol. The van der Waals surface area contributed by atoms with Crippen molar-refractivity contribution < 1.29 is 5.11 Å². The normalized spacial score (nSPS) is 14.1. The first-order valence-corrected chi connectivity index (χ1v) is 12.7. The molecule has 0 atom stereocenters. The average Bonchev–Trinajstić information content (AvgIpc) is 3.41. The quantitative estimate of drug-likeness (QED) is 0.210. The van der Waals surface area contributed by atoms with Crippen LogP contribution in [0.2, 0.25) is 5.02 Å². The van der Waals surface area contributed by atoms with Gasteiger partial charge in [-0.3, -0.25) is 4.57 Å². The summed E-state index contributed by atoms with van der Waals surface area (Å²) in [5, 5.41) is 39.2. The van der Waals surface area contributed by atoms with Crippen LogP contribution in [0.15, 0.2) is 65.5 Å². The number of aromatic nitrogens is 6. The van der Waals surface area contributed by atoms with E-state index in [1.807, 2.05) is 63.7 Å². The van der Waals surface area contributed by atoms with E-state index in [4.69, 9.17) is 11.6 Å². The van der Waals surface area contributed by atoms with Crippen LogP contribution in [-0.2, 0) is 13.0 Å². The highest BCUT2D eigenvalue weighted by Crippen LogP contribution is 2.30. The van der Waals surface area contributed by atoms with Gasteiger partial charge in [0.25, 0.3) is 0 Å². The van der Waals surface area contributed by atoms with Gasteiger partial charge in [0.05, 0.1) is 5.75 Å². The van der Waals surface area contributed by atoms with Gasteiger partial charge < -0.3 is 9.67 Å². The van der Waals surface area contributed by atoms with Crippen LogP contribution in [0.25, 0.3) is 22.6 Å². The topological polar surface area (TPSA) is 105 Å². The van der Waals surface area contributed by atoms with Crippen molar-refractivity contribution in [2.75, 3.05) is 5.75 Å². The Kier molecular flexibility index (Phi) is 6.84. The molecule has 0 saturated carbocycles. The van der Waals surface area contributed by atoms with Gasteiger partial charge >= 0.3 is 0 Å². The number of halogens is 1. The Bertz CT molecular complexity index is 1400. The minimum absolute atomic E-state index is 0.0659. The van der Waals surface area contributed by atoms with Crippen LogP contribution >= 0.6 is 23.4 Å². The molecule has 1 aliphatic rings. The number of benzene rings is 2. The van der Waals surface area contributed by atoms with Gasteiger partial charge in [-0.15, -0.1) is 20.4 Å². The van der Waals surface area contributed by atoms with Crippen molar-refractivity contribution in [1.29, 1.82) is 5.26 Å². The highest BCUT2D eigenvalue weighted by molar-refractivity contribution is 7.99. The second kappa shape index (κ2) is 10.3. The molecule has 0 saturated heterocycles. The number of aliphatic hydroxyl groups is 1. The molecule has 35 heavy (non-hydrogen) atoms. The zero-order valence-corrected chi connectivity index (χ0v) is 20.4. The van der Waals surface area contributed by atoms with Crippen LogP contribution in [0.5, 0.6) is 0 Å². The van der Waals surface area contributed by atoms with E-state index >= 15 is 0 Å². The van der Waals surface area contributed by atoms with Crippen molar-refractivity contribution in [2.24, 2.45) is 0 Å². The first-order valence-electron chi connectivity index (χ1n) is 11.3. The van der Waals surface area contributed by atoms with Crippen LogP contribution in [0.1, 0.15) is 30.9 Å². The van der Waals surface area contributed by atoms with E-state index in [0.29, 0.717) is 21.8 Å². The minimum atomic E-state index is -0.0659. The molecule has 2 aromatic carbocycles. The summed E-state index contributed by atoms with van der Waals surface area (Å²) < 4.78 is 3.87. The maximum Gasteiger partial charge on any atom is 0.196 e. The molecule has 1 N–H and O–H groups in total.